The van der Waals surface area contributed by atoms with Gasteiger partial charge in [-0.3, -0.25) is 4.79 Å². The van der Waals surface area contributed by atoms with E-state index in [1.165, 1.54) is 25.4 Å². The van der Waals surface area contributed by atoms with Crippen molar-refractivity contribution in [3.05, 3.63) is 39.5 Å². The minimum atomic E-state index is -0.778. The minimum Gasteiger partial charge on any atom is -0.496 e. The molecule has 0 saturated heterocycles. The van der Waals surface area contributed by atoms with Gasteiger partial charge in [0.15, 0.2) is 0 Å². The lowest BCUT2D eigenvalue weighted by atomic mass is 10.0. The Kier molecular flexibility index (Phi) is 9.48. The third kappa shape index (κ3) is 6.05. The number of Topliss-reactive ketones (excluding diaryl/α,β-unsaturated/α-hetero) is 1. The Morgan fingerprint density at radius 1 is 1.30 bits per heavy atom. The summed E-state index contributed by atoms with van der Waals surface area (Å²) in [6, 6.07) is 2.69. The molecule has 27 heavy (non-hydrogen) atoms. The molecule has 1 atom stereocenters. The van der Waals surface area contributed by atoms with Gasteiger partial charge in [-0.1, -0.05) is 29.8 Å². The van der Waals surface area contributed by atoms with Crippen LogP contribution in [0.15, 0.2) is 28.4 Å². The number of esters is 1. The van der Waals surface area contributed by atoms with Crippen LogP contribution in [0, 0.1) is 5.92 Å². The van der Waals surface area contributed by atoms with Crippen molar-refractivity contribution in [1.29, 1.82) is 0 Å². The first-order valence-corrected chi connectivity index (χ1v) is 9.36. The highest BCUT2D eigenvalue weighted by Crippen LogP contribution is 2.29. The number of carbonyl (C=O) groups excluding carboxylic acids is 2. The van der Waals surface area contributed by atoms with Crippen LogP contribution in [0.5, 0.6) is 5.75 Å². The molecule has 0 aliphatic rings. The van der Waals surface area contributed by atoms with E-state index in [1.54, 1.807) is 6.92 Å². The molecule has 0 radical (unpaired) electrons. The highest BCUT2D eigenvalue weighted by Gasteiger charge is 2.26. The van der Waals surface area contributed by atoms with E-state index in [4.69, 9.17) is 9.47 Å². The van der Waals surface area contributed by atoms with Crippen LogP contribution in [0.4, 0.5) is 0 Å². The molecule has 1 rings (SSSR count). The molecule has 0 saturated carbocycles. The van der Waals surface area contributed by atoms with Gasteiger partial charge in [0.2, 0.25) is 5.78 Å². The summed E-state index contributed by atoms with van der Waals surface area (Å²) in [5.74, 6) is -1.06. The van der Waals surface area contributed by atoms with Gasteiger partial charge in [-0.05, 0) is 30.5 Å². The van der Waals surface area contributed by atoms with Crippen LogP contribution in [0.2, 0.25) is 0 Å². The van der Waals surface area contributed by atoms with Gasteiger partial charge >= 0.3 is 5.97 Å². The van der Waals surface area contributed by atoms with Gasteiger partial charge in [-0.2, -0.15) is 0 Å². The van der Waals surface area contributed by atoms with Crippen LogP contribution in [-0.2, 0) is 16.1 Å². The second kappa shape index (κ2) is 11.1. The minimum absolute atomic E-state index is 0.0808. The second-order valence-electron chi connectivity index (χ2n) is 6.11. The normalized spacial score (nSPS) is 12.7. The summed E-state index contributed by atoms with van der Waals surface area (Å²) in [5, 5.41) is 21.7. The van der Waals surface area contributed by atoms with E-state index in [-0.39, 0.29) is 48.7 Å². The van der Waals surface area contributed by atoms with Gasteiger partial charge in [-0.25, -0.2) is 4.79 Å². The number of ether oxygens (including phenoxy) is 2. The van der Waals surface area contributed by atoms with Crippen molar-refractivity contribution < 1.29 is 29.3 Å². The van der Waals surface area contributed by atoms with Crippen LogP contribution in [0.1, 0.15) is 36.7 Å². The first-order valence-electron chi connectivity index (χ1n) is 8.56. The molecule has 7 nitrogen and oxygen atoms in total. The average molecular weight is 444 g/mol. The van der Waals surface area contributed by atoms with Gasteiger partial charge in [-0.15, -0.1) is 0 Å². The molecule has 0 amide bonds. The number of ketones is 1. The van der Waals surface area contributed by atoms with E-state index in [9.17, 15) is 19.8 Å². The summed E-state index contributed by atoms with van der Waals surface area (Å²) in [6.45, 7) is 5.17. The van der Waals surface area contributed by atoms with E-state index in [0.717, 1.165) is 0 Å². The molecule has 0 spiro atoms. The maximum Gasteiger partial charge on any atom is 0.343 e. The van der Waals surface area contributed by atoms with Gasteiger partial charge in [0.1, 0.15) is 11.3 Å². The lowest BCUT2D eigenvalue weighted by Crippen LogP contribution is -2.34. The molecule has 0 unspecified atom stereocenters. The van der Waals surface area contributed by atoms with Crippen molar-refractivity contribution in [2.24, 2.45) is 5.92 Å². The van der Waals surface area contributed by atoms with Crippen molar-refractivity contribution in [1.82, 2.24) is 5.32 Å². The number of rotatable bonds is 10. The van der Waals surface area contributed by atoms with Crippen LogP contribution in [-0.4, -0.2) is 48.3 Å². The van der Waals surface area contributed by atoms with Crippen molar-refractivity contribution in [3.8, 4) is 5.75 Å². The number of carbonyl (C=O) groups is 2. The molecule has 0 bridgehead atoms. The molecule has 150 valence electrons. The zero-order chi connectivity index (χ0) is 20.6. The van der Waals surface area contributed by atoms with Crippen LogP contribution in [0.3, 0.4) is 0 Å². The number of aliphatic hydroxyl groups excluding tert-OH is 2. The van der Waals surface area contributed by atoms with Crippen LogP contribution >= 0.6 is 15.9 Å². The van der Waals surface area contributed by atoms with Crippen molar-refractivity contribution in [3.63, 3.8) is 0 Å². The third-order valence-corrected chi connectivity index (χ3v) is 4.70. The molecule has 0 aliphatic carbocycles. The number of aliphatic hydroxyl groups is 2. The number of hydrogen-bond donors (Lipinski definition) is 3. The van der Waals surface area contributed by atoms with Gasteiger partial charge in [0, 0.05) is 10.7 Å². The summed E-state index contributed by atoms with van der Waals surface area (Å²) in [7, 11) is 1.40. The third-order valence-electron chi connectivity index (χ3n) is 3.97. The Morgan fingerprint density at radius 3 is 2.44 bits per heavy atom. The summed E-state index contributed by atoms with van der Waals surface area (Å²) < 4.78 is 10.8. The van der Waals surface area contributed by atoms with E-state index >= 15 is 0 Å². The van der Waals surface area contributed by atoms with Crippen molar-refractivity contribution in [2.75, 3.05) is 20.3 Å². The molecule has 1 aromatic rings. The fourth-order valence-electron chi connectivity index (χ4n) is 2.28. The molecular weight excluding hydrogens is 418 g/mol. The van der Waals surface area contributed by atoms with Crippen molar-refractivity contribution >= 4 is 27.7 Å². The van der Waals surface area contributed by atoms with Gasteiger partial charge in [0.05, 0.1) is 38.5 Å². The number of benzene rings is 1. The lowest BCUT2D eigenvalue weighted by molar-refractivity contribution is -0.138. The number of nitrogens with one attached hydrogen (secondary N) is 1. The summed E-state index contributed by atoms with van der Waals surface area (Å²) in [5.41, 5.74) is 0.481. The Morgan fingerprint density at radius 2 is 1.96 bits per heavy atom. The summed E-state index contributed by atoms with van der Waals surface area (Å²) >= 11 is 3.30. The van der Waals surface area contributed by atoms with E-state index in [1.807, 2.05) is 13.8 Å². The van der Waals surface area contributed by atoms with Gasteiger partial charge < -0.3 is 25.0 Å². The molecule has 1 aromatic carbocycles. The SMILES string of the molecule is CCOC(=O)C(=CN[C@H](CO)C(C)C)C(=O)c1cc(Br)c(CO)cc1OC. The lowest BCUT2D eigenvalue weighted by Gasteiger charge is -2.19. The largest absolute Gasteiger partial charge is 0.496 e. The highest BCUT2D eigenvalue weighted by atomic mass is 79.9. The molecule has 0 aromatic heterocycles. The monoisotopic (exact) mass is 443 g/mol. The van der Waals surface area contributed by atoms with Crippen LogP contribution in [0.25, 0.3) is 0 Å². The van der Waals surface area contributed by atoms with E-state index in [0.29, 0.717) is 10.0 Å². The average Bonchev–Trinajstić information content (AvgIpc) is 2.64. The standard InChI is InChI=1S/C19H26BrNO6/c1-5-27-19(25)14(8-21-16(10-23)11(2)3)18(24)13-7-15(20)12(9-22)6-17(13)26-4/h6-8,11,16,21-23H,5,9-10H2,1-4H3/t16-/m1/s1. The van der Waals surface area contributed by atoms with E-state index < -0.39 is 11.8 Å². The molecule has 0 heterocycles. The molecular formula is C19H26BrNO6. The number of halogens is 1. The van der Waals surface area contributed by atoms with Crippen LogP contribution < -0.4 is 10.1 Å². The Labute approximate surface area is 167 Å². The Hall–Kier alpha value is -1.90. The molecule has 0 aliphatic heterocycles. The maximum atomic E-state index is 13.0. The molecule has 3 N–H and O–H groups in total. The van der Waals surface area contributed by atoms with E-state index in [2.05, 4.69) is 21.2 Å². The number of methoxy groups -OCH3 is 1. The topological polar surface area (TPSA) is 105 Å². The maximum absolute atomic E-state index is 13.0. The quantitative estimate of drug-likeness (QED) is 0.167. The fraction of sp³-hybridized carbons (Fsp3) is 0.474. The smallest absolute Gasteiger partial charge is 0.343 e. The zero-order valence-corrected chi connectivity index (χ0v) is 17.5. The highest BCUT2D eigenvalue weighted by molar-refractivity contribution is 9.10. The summed E-state index contributed by atoms with van der Waals surface area (Å²) in [4.78, 5) is 25.4. The molecule has 8 heteroatoms. The second-order valence-corrected chi connectivity index (χ2v) is 6.96. The molecule has 0 fully saturated rings. The predicted molar refractivity (Wildman–Crippen MR) is 105 cm³/mol. The first kappa shape index (κ1) is 23.1. The Balaban J connectivity index is 3.36. The van der Waals surface area contributed by atoms with Gasteiger partial charge in [0.25, 0.3) is 0 Å². The Bertz CT molecular complexity index is 702. The zero-order valence-electron chi connectivity index (χ0n) is 15.9. The fourth-order valence-corrected chi connectivity index (χ4v) is 2.75. The first-order chi connectivity index (χ1) is 12.8. The number of hydrogen-bond acceptors (Lipinski definition) is 7. The van der Waals surface area contributed by atoms with Crippen molar-refractivity contribution in [2.45, 2.75) is 33.4 Å². The predicted octanol–water partition coefficient (Wildman–Crippen LogP) is 2.19. The summed E-state index contributed by atoms with van der Waals surface area (Å²) in [6.07, 6.45) is 1.27.